The molecule has 0 radical (unpaired) electrons. The third-order valence-corrected chi connectivity index (χ3v) is 3.46. The largest absolute Gasteiger partial charge is 0.481 e. The molecule has 0 amide bonds. The van der Waals surface area contributed by atoms with Gasteiger partial charge in [0.1, 0.15) is 29.1 Å². The average molecular weight is 292 g/mol. The van der Waals surface area contributed by atoms with Gasteiger partial charge in [0.05, 0.1) is 24.2 Å². The van der Waals surface area contributed by atoms with E-state index < -0.39 is 22.3 Å². The Morgan fingerprint density at radius 2 is 2.48 bits per heavy atom. The number of nitrogens with one attached hydrogen (secondary N) is 1. The first-order valence-corrected chi connectivity index (χ1v) is 6.00. The highest BCUT2D eigenvalue weighted by atomic mass is 16.6. The molecule has 2 unspecified atom stereocenters. The molecule has 110 valence electrons. The number of aliphatic carboxylic acids is 1. The third-order valence-electron chi connectivity index (χ3n) is 3.46. The number of ether oxygens (including phenoxy) is 1. The minimum Gasteiger partial charge on any atom is -0.481 e. The number of carboxylic acid groups (broad SMARTS) is 1. The molecule has 21 heavy (non-hydrogen) atoms. The van der Waals surface area contributed by atoms with Crippen molar-refractivity contribution in [3.63, 3.8) is 0 Å². The van der Waals surface area contributed by atoms with Crippen LogP contribution in [0.4, 0.5) is 11.5 Å². The molecule has 1 aliphatic rings. The molecule has 0 aliphatic carbocycles. The summed E-state index contributed by atoms with van der Waals surface area (Å²) < 4.78 is 5.18. The number of carboxylic acids is 1. The molecule has 2 N–H and O–H groups in total. The fourth-order valence-electron chi connectivity index (χ4n) is 2.00. The minimum atomic E-state index is -1.16. The summed E-state index contributed by atoms with van der Waals surface area (Å²) in [5.74, 6) is -0.927. The van der Waals surface area contributed by atoms with Gasteiger partial charge < -0.3 is 15.2 Å². The van der Waals surface area contributed by atoms with Crippen molar-refractivity contribution in [2.24, 2.45) is 5.41 Å². The normalized spacial score (nSPS) is 24.3. The highest BCUT2D eigenvalue weighted by molar-refractivity contribution is 5.76. The van der Waals surface area contributed by atoms with Crippen molar-refractivity contribution in [1.82, 2.24) is 4.98 Å². The maximum atomic E-state index is 11.3. The van der Waals surface area contributed by atoms with Gasteiger partial charge in [-0.2, -0.15) is 5.26 Å². The first kappa shape index (κ1) is 14.7. The number of nitrogens with zero attached hydrogens (tertiary/aromatic N) is 3. The standard InChI is InChI=1S/C12H12N4O5/c1-12(11(17)18)6-21-5-9(12)15-10-7(3-13)2-8(4-14-10)16(19)20/h2,4,9H,5-6H2,1H3,(H,14,15)(H,17,18). The van der Waals surface area contributed by atoms with Crippen molar-refractivity contribution in [3.05, 3.63) is 27.9 Å². The SMILES string of the molecule is CC1(C(=O)O)COCC1Nc1ncc([N+](=O)[O-])cc1C#N. The lowest BCUT2D eigenvalue weighted by molar-refractivity contribution is -0.385. The van der Waals surface area contributed by atoms with E-state index in [0.717, 1.165) is 12.3 Å². The fraction of sp³-hybridized carbons (Fsp3) is 0.417. The van der Waals surface area contributed by atoms with E-state index in [1.54, 1.807) is 6.07 Å². The zero-order chi connectivity index (χ0) is 15.6. The fourth-order valence-corrected chi connectivity index (χ4v) is 2.00. The summed E-state index contributed by atoms with van der Waals surface area (Å²) in [5, 5.41) is 31.8. The Bertz CT molecular complexity index is 641. The first-order chi connectivity index (χ1) is 9.88. The van der Waals surface area contributed by atoms with E-state index >= 15 is 0 Å². The molecule has 0 aromatic carbocycles. The van der Waals surface area contributed by atoms with E-state index in [2.05, 4.69) is 10.3 Å². The number of hydrogen-bond donors (Lipinski definition) is 2. The summed E-state index contributed by atoms with van der Waals surface area (Å²) in [6.45, 7) is 1.71. The van der Waals surface area contributed by atoms with Crippen LogP contribution in [0.1, 0.15) is 12.5 Å². The molecule has 0 spiro atoms. The molecule has 2 heterocycles. The molecule has 1 aromatic heterocycles. The van der Waals surface area contributed by atoms with Gasteiger partial charge in [-0.25, -0.2) is 4.98 Å². The summed E-state index contributed by atoms with van der Waals surface area (Å²) in [4.78, 5) is 25.2. The number of aromatic nitrogens is 1. The minimum absolute atomic E-state index is 0.0242. The highest BCUT2D eigenvalue weighted by Crippen LogP contribution is 2.32. The number of anilines is 1. The van der Waals surface area contributed by atoms with Gasteiger partial charge in [-0.15, -0.1) is 0 Å². The Labute approximate surface area is 119 Å². The van der Waals surface area contributed by atoms with E-state index in [0.29, 0.717) is 0 Å². The average Bonchev–Trinajstić information content (AvgIpc) is 2.81. The van der Waals surface area contributed by atoms with Crippen LogP contribution in [0.5, 0.6) is 0 Å². The maximum Gasteiger partial charge on any atom is 0.313 e. The van der Waals surface area contributed by atoms with E-state index in [-0.39, 0.29) is 30.3 Å². The Kier molecular flexibility index (Phi) is 3.73. The number of pyridine rings is 1. The van der Waals surface area contributed by atoms with Crippen LogP contribution in [-0.4, -0.2) is 40.2 Å². The van der Waals surface area contributed by atoms with Gasteiger partial charge in [-0.3, -0.25) is 14.9 Å². The van der Waals surface area contributed by atoms with Crippen LogP contribution in [0, 0.1) is 26.9 Å². The van der Waals surface area contributed by atoms with Crippen LogP contribution in [-0.2, 0) is 9.53 Å². The van der Waals surface area contributed by atoms with Crippen LogP contribution in [0.3, 0.4) is 0 Å². The molecule has 2 rings (SSSR count). The molecule has 9 heteroatoms. The number of nitro groups is 1. The van der Waals surface area contributed by atoms with Crippen molar-refractivity contribution in [3.8, 4) is 6.07 Å². The molecule has 0 bridgehead atoms. The monoisotopic (exact) mass is 292 g/mol. The quantitative estimate of drug-likeness (QED) is 0.612. The predicted octanol–water partition coefficient (Wildman–Crippen LogP) is 0.763. The second kappa shape index (κ2) is 5.34. The third kappa shape index (κ3) is 2.61. The summed E-state index contributed by atoms with van der Waals surface area (Å²) in [6, 6.07) is 2.30. The molecular formula is C12H12N4O5. The van der Waals surface area contributed by atoms with Gasteiger partial charge in [-0.05, 0) is 6.92 Å². The molecule has 1 saturated heterocycles. The van der Waals surface area contributed by atoms with Gasteiger partial charge in [0.25, 0.3) is 5.69 Å². The molecule has 9 nitrogen and oxygen atoms in total. The molecule has 0 saturated carbocycles. The van der Waals surface area contributed by atoms with Crippen molar-refractivity contribution in [2.75, 3.05) is 18.5 Å². The highest BCUT2D eigenvalue weighted by Gasteiger charge is 2.47. The molecule has 1 aromatic rings. The Hall–Kier alpha value is -2.73. The summed E-state index contributed by atoms with van der Waals surface area (Å²) in [7, 11) is 0. The van der Waals surface area contributed by atoms with Crippen LogP contribution in [0.2, 0.25) is 0 Å². The molecule has 2 atom stereocenters. The smallest absolute Gasteiger partial charge is 0.313 e. The second-order valence-corrected chi connectivity index (χ2v) is 4.89. The lowest BCUT2D eigenvalue weighted by Gasteiger charge is -2.26. The van der Waals surface area contributed by atoms with E-state index in [9.17, 15) is 20.0 Å². The van der Waals surface area contributed by atoms with Crippen LogP contribution in [0.25, 0.3) is 0 Å². The van der Waals surface area contributed by atoms with Gasteiger partial charge in [0.15, 0.2) is 0 Å². The number of nitriles is 1. The second-order valence-electron chi connectivity index (χ2n) is 4.89. The van der Waals surface area contributed by atoms with Crippen molar-refractivity contribution in [1.29, 1.82) is 5.26 Å². The van der Waals surface area contributed by atoms with Crippen molar-refractivity contribution in [2.45, 2.75) is 13.0 Å². The number of carbonyl (C=O) groups is 1. The van der Waals surface area contributed by atoms with Crippen LogP contribution < -0.4 is 5.32 Å². The maximum absolute atomic E-state index is 11.3. The zero-order valence-corrected chi connectivity index (χ0v) is 11.1. The summed E-state index contributed by atoms with van der Waals surface area (Å²) in [5.41, 5.74) is -1.49. The Morgan fingerprint density at radius 3 is 3.05 bits per heavy atom. The van der Waals surface area contributed by atoms with Gasteiger partial charge in [-0.1, -0.05) is 0 Å². The molecular weight excluding hydrogens is 280 g/mol. The lowest BCUT2D eigenvalue weighted by Crippen LogP contribution is -2.43. The Morgan fingerprint density at radius 1 is 1.76 bits per heavy atom. The number of hydrogen-bond acceptors (Lipinski definition) is 7. The van der Waals surface area contributed by atoms with Crippen LogP contribution in [0.15, 0.2) is 12.3 Å². The van der Waals surface area contributed by atoms with Crippen LogP contribution >= 0.6 is 0 Å². The summed E-state index contributed by atoms with van der Waals surface area (Å²) in [6.07, 6.45) is 1.01. The topological polar surface area (TPSA) is 138 Å². The predicted molar refractivity (Wildman–Crippen MR) is 69.6 cm³/mol. The van der Waals surface area contributed by atoms with E-state index in [1.807, 2.05) is 0 Å². The van der Waals surface area contributed by atoms with Gasteiger partial charge in [0, 0.05) is 6.07 Å². The van der Waals surface area contributed by atoms with Gasteiger partial charge >= 0.3 is 5.97 Å². The van der Waals surface area contributed by atoms with Gasteiger partial charge in [0.2, 0.25) is 0 Å². The van der Waals surface area contributed by atoms with E-state index in [4.69, 9.17) is 10.00 Å². The van der Waals surface area contributed by atoms with Crippen molar-refractivity contribution >= 4 is 17.5 Å². The molecule has 1 aliphatic heterocycles. The molecule has 1 fully saturated rings. The zero-order valence-electron chi connectivity index (χ0n) is 11.1. The Balaban J connectivity index is 2.30. The van der Waals surface area contributed by atoms with Crippen molar-refractivity contribution < 1.29 is 19.6 Å². The number of rotatable bonds is 4. The summed E-state index contributed by atoms with van der Waals surface area (Å²) >= 11 is 0. The van der Waals surface area contributed by atoms with E-state index in [1.165, 1.54) is 6.92 Å². The first-order valence-electron chi connectivity index (χ1n) is 6.00. The lowest BCUT2D eigenvalue weighted by atomic mass is 9.85.